The summed E-state index contributed by atoms with van der Waals surface area (Å²) in [4.78, 5) is 19.9. The number of carbonyl (C=O) groups is 1. The summed E-state index contributed by atoms with van der Waals surface area (Å²) in [5.41, 5.74) is 2.65. The van der Waals surface area contributed by atoms with Gasteiger partial charge in [-0.15, -0.1) is 5.53 Å². The maximum atomic E-state index is 13.9. The molecule has 13 heteroatoms. The Kier molecular flexibility index (Phi) is 7.40. The number of pyridine rings is 1. The largest absolute Gasteiger partial charge is 0.416 e. The van der Waals surface area contributed by atoms with Gasteiger partial charge >= 0.3 is 12.4 Å². The van der Waals surface area contributed by atoms with Crippen LogP contribution in [-0.4, -0.2) is 27.3 Å². The molecular formula is C27H23ClF6N5O+. The molecule has 1 unspecified atom stereocenters. The van der Waals surface area contributed by atoms with Crippen LogP contribution in [0.4, 0.5) is 26.3 Å². The summed E-state index contributed by atoms with van der Waals surface area (Å²) >= 11 is 6.41. The van der Waals surface area contributed by atoms with E-state index in [-0.39, 0.29) is 41.5 Å². The predicted octanol–water partition coefficient (Wildman–Crippen LogP) is 5.30. The van der Waals surface area contributed by atoms with Crippen molar-refractivity contribution in [3.05, 3.63) is 106 Å². The van der Waals surface area contributed by atoms with E-state index in [1.54, 1.807) is 35.2 Å². The second-order valence-electron chi connectivity index (χ2n) is 9.43. The highest BCUT2D eigenvalue weighted by atomic mass is 35.5. The third-order valence-electron chi connectivity index (χ3n) is 6.79. The number of quaternary nitrogens is 1. The van der Waals surface area contributed by atoms with E-state index in [2.05, 4.69) is 10.4 Å². The third-order valence-corrected chi connectivity index (χ3v) is 7.13. The van der Waals surface area contributed by atoms with Gasteiger partial charge in [-0.1, -0.05) is 35.9 Å². The van der Waals surface area contributed by atoms with Crippen molar-refractivity contribution in [1.82, 2.24) is 20.3 Å². The molecule has 2 aliphatic rings. The van der Waals surface area contributed by atoms with Crippen LogP contribution in [0.25, 0.3) is 5.70 Å². The van der Waals surface area contributed by atoms with Crippen LogP contribution in [0, 0.1) is 0 Å². The number of nitrogens with zero attached hydrogens (tertiary/aromatic N) is 3. The molecule has 3 aromatic rings. The van der Waals surface area contributed by atoms with Crippen LogP contribution in [0.5, 0.6) is 0 Å². The summed E-state index contributed by atoms with van der Waals surface area (Å²) in [5, 5.41) is 1.91. The maximum absolute atomic E-state index is 13.9. The molecule has 1 amide bonds. The monoisotopic (exact) mass is 582 g/mol. The SMILES string of the molecule is O=C(C1=C(c2ccccn2)N(Cc2cc(C(F)(F)F)cc(C(F)(F)F)c2)[NH2+]N1)N1CCCC1c1ccccc1Cl. The van der Waals surface area contributed by atoms with Crippen LogP contribution in [0.1, 0.15) is 46.8 Å². The fourth-order valence-corrected chi connectivity index (χ4v) is 5.28. The predicted molar refractivity (Wildman–Crippen MR) is 133 cm³/mol. The molecule has 1 fully saturated rings. The summed E-state index contributed by atoms with van der Waals surface area (Å²) in [6.45, 7) is 0.0641. The van der Waals surface area contributed by atoms with Gasteiger partial charge < -0.3 is 4.90 Å². The standard InChI is InChI=1S/C27H22ClF6N5O/c28-20-7-2-1-6-19(20)22-9-5-11-38(22)25(40)23-24(21-8-3-4-10-35-21)39(37-36-23)15-16-12-17(26(29,30)31)14-18(13-16)27(32,33)34/h1-4,6-8,10,12-14,22,36-37H,5,9,11,15H2/p+1. The first-order chi connectivity index (χ1) is 18.9. The van der Waals surface area contributed by atoms with Crippen LogP contribution < -0.4 is 11.0 Å². The normalized spacial score (nSPS) is 17.9. The molecule has 3 N–H and O–H groups in total. The Balaban J connectivity index is 1.53. The molecule has 210 valence electrons. The molecule has 0 spiro atoms. The Hall–Kier alpha value is -3.77. The quantitative estimate of drug-likeness (QED) is 0.316. The lowest BCUT2D eigenvalue weighted by Crippen LogP contribution is -2.97. The number of rotatable bonds is 5. The molecule has 2 aliphatic heterocycles. The molecule has 6 nitrogen and oxygen atoms in total. The molecule has 1 saturated heterocycles. The van der Waals surface area contributed by atoms with E-state index in [1.165, 1.54) is 16.7 Å². The minimum atomic E-state index is -4.98. The number of hydrogen-bond acceptors (Lipinski definition) is 4. The number of benzene rings is 2. The zero-order chi connectivity index (χ0) is 28.7. The summed E-state index contributed by atoms with van der Waals surface area (Å²) in [5.74, 6) is -0.387. The maximum Gasteiger partial charge on any atom is 0.416 e. The van der Waals surface area contributed by atoms with Crippen LogP contribution in [0.15, 0.2) is 72.6 Å². The van der Waals surface area contributed by atoms with Gasteiger partial charge in [0.05, 0.1) is 29.4 Å². The Morgan fingerprint density at radius 2 is 1.68 bits per heavy atom. The highest BCUT2D eigenvalue weighted by molar-refractivity contribution is 6.31. The van der Waals surface area contributed by atoms with Gasteiger partial charge in [0.25, 0.3) is 5.91 Å². The number of likely N-dealkylation sites (tertiary alicyclic amines) is 1. The van der Waals surface area contributed by atoms with Crippen LogP contribution in [0.3, 0.4) is 0 Å². The molecule has 0 aliphatic carbocycles. The van der Waals surface area contributed by atoms with Gasteiger partial charge in [-0.3, -0.25) is 9.78 Å². The molecule has 3 heterocycles. The van der Waals surface area contributed by atoms with E-state index in [1.807, 2.05) is 12.1 Å². The summed E-state index contributed by atoms with van der Waals surface area (Å²) in [6, 6.07) is 13.3. The van der Waals surface area contributed by atoms with Crippen LogP contribution in [0.2, 0.25) is 5.02 Å². The smallest absolute Gasteiger partial charge is 0.330 e. The van der Waals surface area contributed by atoms with Gasteiger partial charge in [0.15, 0.2) is 11.4 Å². The van der Waals surface area contributed by atoms with Crippen molar-refractivity contribution in [3.8, 4) is 0 Å². The molecule has 1 aromatic heterocycles. The zero-order valence-corrected chi connectivity index (χ0v) is 21.5. The zero-order valence-electron chi connectivity index (χ0n) is 20.7. The number of halogens is 7. The van der Waals surface area contributed by atoms with E-state index in [4.69, 9.17) is 11.6 Å². The number of hydrogen-bond donors (Lipinski definition) is 2. The van der Waals surface area contributed by atoms with Crippen molar-refractivity contribution in [2.75, 3.05) is 6.54 Å². The van der Waals surface area contributed by atoms with Crippen LogP contribution >= 0.6 is 11.6 Å². The van der Waals surface area contributed by atoms with E-state index < -0.39 is 23.5 Å². The average molecular weight is 583 g/mol. The van der Waals surface area contributed by atoms with Crippen molar-refractivity contribution < 1.29 is 36.7 Å². The molecular weight excluding hydrogens is 560 g/mol. The first-order valence-corrected chi connectivity index (χ1v) is 12.7. The summed E-state index contributed by atoms with van der Waals surface area (Å²) < 4.78 is 80.7. The molecule has 0 radical (unpaired) electrons. The second kappa shape index (κ2) is 10.7. The Bertz CT molecular complexity index is 1410. The Morgan fingerprint density at radius 3 is 2.30 bits per heavy atom. The average Bonchev–Trinajstić information content (AvgIpc) is 3.56. The first-order valence-electron chi connectivity index (χ1n) is 12.3. The highest BCUT2D eigenvalue weighted by Gasteiger charge is 2.41. The Labute approximate surface area is 230 Å². The number of aromatic nitrogens is 1. The van der Waals surface area contributed by atoms with Crippen molar-refractivity contribution in [1.29, 1.82) is 0 Å². The number of amides is 1. The molecule has 1 atom stereocenters. The molecule has 0 saturated carbocycles. The summed E-state index contributed by atoms with van der Waals surface area (Å²) in [6.07, 6.45) is -7.07. The van der Waals surface area contributed by atoms with Crippen molar-refractivity contribution in [3.63, 3.8) is 0 Å². The van der Waals surface area contributed by atoms with E-state index in [9.17, 15) is 31.1 Å². The highest BCUT2D eigenvalue weighted by Crippen LogP contribution is 2.39. The van der Waals surface area contributed by atoms with Crippen LogP contribution in [-0.2, 0) is 23.7 Å². The molecule has 0 bridgehead atoms. The lowest BCUT2D eigenvalue weighted by atomic mass is 10.0. The molecule has 5 rings (SSSR count). The number of nitrogens with two attached hydrogens (primary N) is 1. The molecule has 40 heavy (non-hydrogen) atoms. The second-order valence-corrected chi connectivity index (χ2v) is 9.84. The van der Waals surface area contributed by atoms with Crippen molar-refractivity contribution >= 4 is 23.2 Å². The third kappa shape index (κ3) is 5.59. The van der Waals surface area contributed by atoms with Gasteiger partial charge in [-0.25, -0.2) is 5.43 Å². The molecule has 2 aromatic carbocycles. The van der Waals surface area contributed by atoms with Gasteiger partial charge in [-0.2, -0.15) is 31.4 Å². The van der Waals surface area contributed by atoms with Crippen molar-refractivity contribution in [2.24, 2.45) is 0 Å². The van der Waals surface area contributed by atoms with E-state index in [0.717, 1.165) is 12.0 Å². The summed E-state index contributed by atoms with van der Waals surface area (Å²) in [7, 11) is 0. The fourth-order valence-electron chi connectivity index (χ4n) is 5.01. The minimum Gasteiger partial charge on any atom is -0.330 e. The topological polar surface area (TPSA) is 65.1 Å². The Morgan fingerprint density at radius 1 is 1.00 bits per heavy atom. The lowest BCUT2D eigenvalue weighted by molar-refractivity contribution is -0.822. The van der Waals surface area contributed by atoms with Gasteiger partial charge in [0, 0.05) is 17.8 Å². The number of nitrogens with one attached hydrogen (secondary N) is 1. The first kappa shape index (κ1) is 27.8. The van der Waals surface area contributed by atoms with E-state index >= 15 is 0 Å². The minimum absolute atomic E-state index is 0.0854. The number of carbonyl (C=O) groups excluding carboxylic acids is 1. The van der Waals surface area contributed by atoms with E-state index in [0.29, 0.717) is 35.8 Å². The van der Waals surface area contributed by atoms with Crippen molar-refractivity contribution in [2.45, 2.75) is 37.8 Å². The number of alkyl halides is 6. The van der Waals surface area contributed by atoms with Gasteiger partial charge in [-0.05, 0) is 60.4 Å². The fraction of sp³-hybridized carbons (Fsp3) is 0.259. The van der Waals surface area contributed by atoms with Gasteiger partial charge in [0.2, 0.25) is 0 Å². The lowest BCUT2D eigenvalue weighted by Gasteiger charge is -2.26. The van der Waals surface area contributed by atoms with Gasteiger partial charge in [0.1, 0.15) is 0 Å².